The predicted molar refractivity (Wildman–Crippen MR) is 103 cm³/mol. The van der Waals surface area contributed by atoms with E-state index in [0.717, 1.165) is 5.56 Å². The summed E-state index contributed by atoms with van der Waals surface area (Å²) in [4.78, 5) is 47.2. The number of benzene rings is 1. The summed E-state index contributed by atoms with van der Waals surface area (Å²) in [7, 11) is 0. The molecule has 0 saturated heterocycles. The molecule has 0 fully saturated rings. The minimum Gasteiger partial charge on any atom is -0.445 e. The van der Waals surface area contributed by atoms with Crippen molar-refractivity contribution in [3.05, 3.63) is 35.9 Å². The van der Waals surface area contributed by atoms with Gasteiger partial charge in [-0.15, -0.1) is 0 Å². The van der Waals surface area contributed by atoms with E-state index in [9.17, 15) is 19.2 Å². The Labute approximate surface area is 164 Å². The number of nitrogens with two attached hydrogens (primary N) is 1. The maximum Gasteiger partial charge on any atom is 0.407 e. The molecule has 0 saturated carbocycles. The lowest BCUT2D eigenvalue weighted by atomic mass is 9.98. The molecule has 0 aromatic heterocycles. The van der Waals surface area contributed by atoms with Gasteiger partial charge in [-0.25, -0.2) is 4.79 Å². The zero-order valence-corrected chi connectivity index (χ0v) is 16.4. The summed E-state index contributed by atoms with van der Waals surface area (Å²) >= 11 is 0. The van der Waals surface area contributed by atoms with Gasteiger partial charge in [0.1, 0.15) is 25.2 Å². The van der Waals surface area contributed by atoms with Gasteiger partial charge >= 0.3 is 6.09 Å². The number of alkyl carbamates (subject to hydrolysis) is 1. The molecular formula is C19H28N4O5. The molecule has 0 aliphatic carbocycles. The minimum absolute atomic E-state index is 0.0806. The summed E-state index contributed by atoms with van der Waals surface area (Å²) in [5.74, 6) is -1.88. The van der Waals surface area contributed by atoms with Crippen LogP contribution in [-0.2, 0) is 25.7 Å². The molecule has 28 heavy (non-hydrogen) atoms. The predicted octanol–water partition coefficient (Wildman–Crippen LogP) is 0.434. The molecule has 0 aliphatic heterocycles. The maximum atomic E-state index is 12.2. The Hall–Kier alpha value is -3.10. The van der Waals surface area contributed by atoms with Gasteiger partial charge in [0.05, 0.1) is 0 Å². The topological polar surface area (TPSA) is 140 Å². The Balaban J connectivity index is 2.37. The van der Waals surface area contributed by atoms with Crippen molar-refractivity contribution in [2.24, 2.45) is 11.7 Å². The average molecular weight is 392 g/mol. The number of carbonyl (C=O) groups is 4. The Morgan fingerprint density at radius 3 is 2.29 bits per heavy atom. The molecule has 0 heterocycles. The standard InChI is InChI=1S/C19H28N4O5/c1-4-12(2)16(17(20)25)23-18(26)13(3)22-15(24)10-21-19(27)28-11-14-8-6-5-7-9-14/h5-9,12-13,16H,4,10-11H2,1-3H3,(H2,20,25)(H,21,27)(H,22,24)(H,23,26)/t12-,13-,16+/m1/s1. The summed E-state index contributed by atoms with van der Waals surface area (Å²) in [5, 5.41) is 7.28. The summed E-state index contributed by atoms with van der Waals surface area (Å²) in [5.41, 5.74) is 6.13. The van der Waals surface area contributed by atoms with E-state index in [1.165, 1.54) is 6.92 Å². The highest BCUT2D eigenvalue weighted by Gasteiger charge is 2.26. The van der Waals surface area contributed by atoms with E-state index in [2.05, 4.69) is 16.0 Å². The molecule has 1 rings (SSSR count). The van der Waals surface area contributed by atoms with Crippen molar-refractivity contribution in [3.63, 3.8) is 0 Å². The number of hydrogen-bond acceptors (Lipinski definition) is 5. The first kappa shape index (κ1) is 22.9. The van der Waals surface area contributed by atoms with Gasteiger partial charge in [0.2, 0.25) is 17.7 Å². The van der Waals surface area contributed by atoms with Gasteiger partial charge in [-0.1, -0.05) is 50.6 Å². The van der Waals surface area contributed by atoms with Crippen LogP contribution in [0.1, 0.15) is 32.8 Å². The van der Waals surface area contributed by atoms with Crippen LogP contribution in [0.3, 0.4) is 0 Å². The zero-order chi connectivity index (χ0) is 21.1. The maximum absolute atomic E-state index is 12.2. The van der Waals surface area contributed by atoms with Crippen LogP contribution >= 0.6 is 0 Å². The summed E-state index contributed by atoms with van der Waals surface area (Å²) in [6.07, 6.45) is -0.0921. The van der Waals surface area contributed by atoms with Gasteiger partial charge in [0.15, 0.2) is 0 Å². The molecule has 1 aromatic rings. The van der Waals surface area contributed by atoms with Crippen LogP contribution in [0.5, 0.6) is 0 Å². The minimum atomic E-state index is -0.902. The molecule has 154 valence electrons. The first-order valence-electron chi connectivity index (χ1n) is 9.08. The molecule has 0 spiro atoms. The Morgan fingerprint density at radius 2 is 1.71 bits per heavy atom. The molecule has 3 atom stereocenters. The van der Waals surface area contributed by atoms with E-state index < -0.39 is 35.9 Å². The first-order valence-corrected chi connectivity index (χ1v) is 9.08. The van der Waals surface area contributed by atoms with Gasteiger partial charge in [0, 0.05) is 0 Å². The number of carbonyl (C=O) groups excluding carboxylic acids is 4. The molecule has 1 aromatic carbocycles. The number of ether oxygens (including phenoxy) is 1. The van der Waals surface area contributed by atoms with Crippen molar-refractivity contribution >= 4 is 23.8 Å². The summed E-state index contributed by atoms with van der Waals surface area (Å²) in [6.45, 7) is 4.87. The SMILES string of the molecule is CC[C@@H](C)[C@H](NC(=O)[C@@H](C)NC(=O)CNC(=O)OCc1ccccc1)C(N)=O. The average Bonchev–Trinajstić information content (AvgIpc) is 2.68. The van der Waals surface area contributed by atoms with Crippen molar-refractivity contribution < 1.29 is 23.9 Å². The lowest BCUT2D eigenvalue weighted by Crippen LogP contribution is -2.54. The summed E-state index contributed by atoms with van der Waals surface area (Å²) < 4.78 is 4.99. The molecule has 0 radical (unpaired) electrons. The van der Waals surface area contributed by atoms with Crippen LogP contribution in [0, 0.1) is 5.92 Å². The summed E-state index contributed by atoms with van der Waals surface area (Å²) in [6, 6.07) is 7.38. The second-order valence-corrected chi connectivity index (χ2v) is 6.48. The molecular weight excluding hydrogens is 364 g/mol. The van der Waals surface area contributed by atoms with E-state index in [1.807, 2.05) is 25.1 Å². The largest absolute Gasteiger partial charge is 0.445 e. The fourth-order valence-corrected chi connectivity index (χ4v) is 2.29. The number of rotatable bonds is 10. The third kappa shape index (κ3) is 8.07. The van der Waals surface area contributed by atoms with Crippen LogP contribution in [0.4, 0.5) is 4.79 Å². The van der Waals surface area contributed by atoms with Crippen molar-refractivity contribution in [2.75, 3.05) is 6.54 Å². The van der Waals surface area contributed by atoms with Gasteiger partial charge in [-0.2, -0.15) is 0 Å². The highest BCUT2D eigenvalue weighted by atomic mass is 16.5. The molecule has 0 aliphatic rings. The Bertz CT molecular complexity index is 680. The van der Waals surface area contributed by atoms with Crippen LogP contribution in [0.25, 0.3) is 0 Å². The van der Waals surface area contributed by atoms with E-state index in [-0.39, 0.29) is 19.1 Å². The third-order valence-electron chi connectivity index (χ3n) is 4.19. The van der Waals surface area contributed by atoms with Crippen molar-refractivity contribution in [3.8, 4) is 0 Å². The second-order valence-electron chi connectivity index (χ2n) is 6.48. The smallest absolute Gasteiger partial charge is 0.407 e. The van der Waals surface area contributed by atoms with E-state index in [1.54, 1.807) is 19.1 Å². The van der Waals surface area contributed by atoms with Crippen LogP contribution in [0.15, 0.2) is 30.3 Å². The van der Waals surface area contributed by atoms with Gasteiger partial charge in [-0.3, -0.25) is 14.4 Å². The van der Waals surface area contributed by atoms with E-state index in [4.69, 9.17) is 10.5 Å². The molecule has 9 nitrogen and oxygen atoms in total. The van der Waals surface area contributed by atoms with Crippen LogP contribution in [-0.4, -0.2) is 42.4 Å². The molecule has 5 N–H and O–H groups in total. The first-order chi connectivity index (χ1) is 13.2. The molecule has 9 heteroatoms. The fraction of sp³-hybridized carbons (Fsp3) is 0.474. The number of nitrogens with one attached hydrogen (secondary N) is 3. The van der Waals surface area contributed by atoms with Crippen molar-refractivity contribution in [1.29, 1.82) is 0 Å². The van der Waals surface area contributed by atoms with Gasteiger partial charge in [0.25, 0.3) is 0 Å². The quantitative estimate of drug-likeness (QED) is 0.457. The third-order valence-corrected chi connectivity index (χ3v) is 4.19. The monoisotopic (exact) mass is 392 g/mol. The van der Waals surface area contributed by atoms with Crippen molar-refractivity contribution in [2.45, 2.75) is 45.9 Å². The van der Waals surface area contributed by atoms with E-state index in [0.29, 0.717) is 6.42 Å². The van der Waals surface area contributed by atoms with Crippen molar-refractivity contribution in [1.82, 2.24) is 16.0 Å². The van der Waals surface area contributed by atoms with E-state index >= 15 is 0 Å². The lowest BCUT2D eigenvalue weighted by molar-refractivity contribution is -0.131. The Kier molecular flexibility index (Phi) is 9.49. The molecule has 0 bridgehead atoms. The molecule has 4 amide bonds. The zero-order valence-electron chi connectivity index (χ0n) is 16.4. The second kappa shape index (κ2) is 11.6. The highest BCUT2D eigenvalue weighted by molar-refractivity contribution is 5.92. The van der Waals surface area contributed by atoms with Crippen LogP contribution in [0.2, 0.25) is 0 Å². The lowest BCUT2D eigenvalue weighted by Gasteiger charge is -2.23. The number of amides is 4. The normalized spacial score (nSPS) is 13.5. The number of hydrogen-bond donors (Lipinski definition) is 4. The number of primary amides is 1. The fourth-order valence-electron chi connectivity index (χ4n) is 2.29. The molecule has 0 unspecified atom stereocenters. The van der Waals surface area contributed by atoms with Gasteiger partial charge < -0.3 is 26.4 Å². The van der Waals surface area contributed by atoms with Gasteiger partial charge in [-0.05, 0) is 18.4 Å². The Morgan fingerprint density at radius 1 is 1.07 bits per heavy atom. The highest BCUT2D eigenvalue weighted by Crippen LogP contribution is 2.07. The van der Waals surface area contributed by atoms with Crippen LogP contribution < -0.4 is 21.7 Å².